The summed E-state index contributed by atoms with van der Waals surface area (Å²) in [5.74, 6) is 0.169. The van der Waals surface area contributed by atoms with Gasteiger partial charge in [0.05, 0.1) is 18.0 Å². The van der Waals surface area contributed by atoms with E-state index in [1.807, 2.05) is 0 Å². The molecule has 1 aromatic carbocycles. The van der Waals surface area contributed by atoms with Crippen LogP contribution in [0.3, 0.4) is 0 Å². The van der Waals surface area contributed by atoms with Crippen LogP contribution in [0.15, 0.2) is 17.1 Å². The maximum atomic E-state index is 11.6. The Bertz CT molecular complexity index is 679. The van der Waals surface area contributed by atoms with Crippen LogP contribution in [0, 0.1) is 10.1 Å². The number of fused-ring (bicyclic) bond motifs is 1. The van der Waals surface area contributed by atoms with Crippen LogP contribution in [0.4, 0.5) is 10.5 Å². The van der Waals surface area contributed by atoms with Crippen molar-refractivity contribution >= 4 is 18.0 Å². The number of hydrogen-bond donors (Lipinski definition) is 1. The monoisotopic (exact) mass is 335 g/mol. The van der Waals surface area contributed by atoms with E-state index in [2.05, 4.69) is 10.3 Å². The van der Waals surface area contributed by atoms with Crippen molar-refractivity contribution in [3.05, 3.63) is 33.4 Å². The Balaban J connectivity index is 2.00. The summed E-state index contributed by atoms with van der Waals surface area (Å²) in [6.07, 6.45) is 0.589. The van der Waals surface area contributed by atoms with Gasteiger partial charge in [-0.15, -0.1) is 0 Å². The lowest BCUT2D eigenvalue weighted by molar-refractivity contribution is -0.386. The topological polar surface area (TPSA) is 103 Å². The van der Waals surface area contributed by atoms with E-state index in [4.69, 9.17) is 9.47 Å². The highest BCUT2D eigenvalue weighted by molar-refractivity contribution is 5.86. The molecule has 0 saturated carbocycles. The molecule has 24 heavy (non-hydrogen) atoms. The standard InChI is InChI=1S/C16H21N3O5/c1-10(7-18-15(20)24-16(2,3)4)23-14-6-12-9-17-8-11(12)5-13(14)19(21)22/h5-6,8,10H,7,9H2,1-4H3,(H,18,20)/t10-/m1/s1. The number of amides is 1. The van der Waals surface area contributed by atoms with E-state index in [0.29, 0.717) is 6.54 Å². The summed E-state index contributed by atoms with van der Waals surface area (Å²) in [5, 5.41) is 13.8. The summed E-state index contributed by atoms with van der Waals surface area (Å²) in [6, 6.07) is 3.08. The van der Waals surface area contributed by atoms with Crippen molar-refractivity contribution in [2.45, 2.75) is 45.9 Å². The summed E-state index contributed by atoms with van der Waals surface area (Å²) in [4.78, 5) is 26.4. The van der Waals surface area contributed by atoms with E-state index < -0.39 is 22.7 Å². The number of nitro groups is 1. The molecule has 0 bridgehead atoms. The first-order valence-corrected chi connectivity index (χ1v) is 7.60. The van der Waals surface area contributed by atoms with Gasteiger partial charge in [0.2, 0.25) is 0 Å². The van der Waals surface area contributed by atoms with Crippen LogP contribution in [-0.4, -0.2) is 35.5 Å². The van der Waals surface area contributed by atoms with E-state index in [1.54, 1.807) is 40.0 Å². The Morgan fingerprint density at radius 1 is 1.46 bits per heavy atom. The van der Waals surface area contributed by atoms with Crippen molar-refractivity contribution in [1.29, 1.82) is 0 Å². The van der Waals surface area contributed by atoms with E-state index in [-0.39, 0.29) is 18.0 Å². The molecule has 1 atom stereocenters. The molecule has 0 aromatic heterocycles. The molecule has 0 spiro atoms. The molecule has 1 aliphatic rings. The molecule has 130 valence electrons. The number of hydrogen-bond acceptors (Lipinski definition) is 6. The second-order valence-corrected chi connectivity index (χ2v) is 6.56. The third-order valence-corrected chi connectivity index (χ3v) is 3.17. The molecular weight excluding hydrogens is 314 g/mol. The molecule has 1 aliphatic heterocycles. The van der Waals surface area contributed by atoms with Crippen LogP contribution in [0.2, 0.25) is 0 Å². The van der Waals surface area contributed by atoms with Gasteiger partial charge in [-0.3, -0.25) is 15.1 Å². The highest BCUT2D eigenvalue weighted by atomic mass is 16.6. The number of aliphatic imine (C=N–C) groups is 1. The molecule has 1 aromatic rings. The van der Waals surface area contributed by atoms with Gasteiger partial charge in [0, 0.05) is 17.8 Å². The maximum absolute atomic E-state index is 11.6. The van der Waals surface area contributed by atoms with Crippen LogP contribution in [0.5, 0.6) is 5.75 Å². The smallest absolute Gasteiger partial charge is 0.407 e. The number of rotatable bonds is 5. The second-order valence-electron chi connectivity index (χ2n) is 6.56. The number of benzene rings is 1. The second kappa shape index (κ2) is 6.86. The summed E-state index contributed by atoms with van der Waals surface area (Å²) in [5.41, 5.74) is 0.898. The van der Waals surface area contributed by atoms with Gasteiger partial charge in [-0.1, -0.05) is 0 Å². The Morgan fingerprint density at radius 3 is 2.79 bits per heavy atom. The molecule has 2 rings (SSSR count). The molecule has 0 radical (unpaired) electrons. The van der Waals surface area contributed by atoms with E-state index in [1.165, 1.54) is 6.07 Å². The van der Waals surface area contributed by atoms with Gasteiger partial charge in [-0.05, 0) is 39.3 Å². The molecule has 1 heterocycles. The largest absolute Gasteiger partial charge is 0.482 e. The minimum Gasteiger partial charge on any atom is -0.482 e. The van der Waals surface area contributed by atoms with Gasteiger partial charge in [0.1, 0.15) is 11.7 Å². The van der Waals surface area contributed by atoms with Gasteiger partial charge in [0.15, 0.2) is 5.75 Å². The lowest BCUT2D eigenvalue weighted by atomic mass is 10.1. The average molecular weight is 335 g/mol. The molecule has 0 aliphatic carbocycles. The van der Waals surface area contributed by atoms with Crippen molar-refractivity contribution < 1.29 is 19.2 Å². The van der Waals surface area contributed by atoms with Crippen molar-refractivity contribution in [2.24, 2.45) is 4.99 Å². The van der Waals surface area contributed by atoms with Crippen LogP contribution >= 0.6 is 0 Å². The van der Waals surface area contributed by atoms with Crippen molar-refractivity contribution in [2.75, 3.05) is 6.54 Å². The van der Waals surface area contributed by atoms with Gasteiger partial charge in [-0.2, -0.15) is 0 Å². The van der Waals surface area contributed by atoms with Crippen molar-refractivity contribution in [3.63, 3.8) is 0 Å². The fourth-order valence-corrected chi connectivity index (χ4v) is 2.16. The van der Waals surface area contributed by atoms with Crippen molar-refractivity contribution in [3.8, 4) is 5.75 Å². The molecule has 0 unspecified atom stereocenters. The lowest BCUT2D eigenvalue weighted by Gasteiger charge is -2.21. The normalized spacial score (nSPS) is 14.0. The molecule has 0 fully saturated rings. The molecule has 8 nitrogen and oxygen atoms in total. The zero-order valence-corrected chi connectivity index (χ0v) is 14.2. The first kappa shape index (κ1) is 17.7. The van der Waals surface area contributed by atoms with Crippen LogP contribution in [0.25, 0.3) is 0 Å². The third-order valence-electron chi connectivity index (χ3n) is 3.17. The SMILES string of the molecule is C[C@H](CNC(=O)OC(C)(C)C)Oc1cc2c(cc1[N+](=O)[O-])C=NC2. The number of ether oxygens (including phenoxy) is 2. The average Bonchev–Trinajstić information content (AvgIpc) is 2.89. The minimum atomic E-state index is -0.590. The molecule has 8 heteroatoms. The third kappa shape index (κ3) is 4.68. The Hall–Kier alpha value is -2.64. The van der Waals surface area contributed by atoms with Gasteiger partial charge in [0.25, 0.3) is 0 Å². The number of nitrogens with zero attached hydrogens (tertiary/aromatic N) is 2. The summed E-state index contributed by atoms with van der Waals surface area (Å²) < 4.78 is 10.8. The molecular formula is C16H21N3O5. The van der Waals surface area contributed by atoms with Crippen LogP contribution in [-0.2, 0) is 11.3 Å². The molecule has 1 N–H and O–H groups in total. The highest BCUT2D eigenvalue weighted by Gasteiger charge is 2.23. The quantitative estimate of drug-likeness (QED) is 0.658. The predicted molar refractivity (Wildman–Crippen MR) is 88.7 cm³/mol. The number of nitrogens with one attached hydrogen (secondary N) is 1. The fraction of sp³-hybridized carbons (Fsp3) is 0.500. The number of alkyl carbamates (subject to hydrolysis) is 1. The predicted octanol–water partition coefficient (Wildman–Crippen LogP) is 2.82. The first-order chi connectivity index (χ1) is 11.2. The van der Waals surface area contributed by atoms with Gasteiger partial charge < -0.3 is 14.8 Å². The maximum Gasteiger partial charge on any atom is 0.407 e. The number of nitro benzene ring substituents is 1. The number of carbonyl (C=O) groups excluding carboxylic acids is 1. The van der Waals surface area contributed by atoms with E-state index in [0.717, 1.165) is 11.1 Å². The lowest BCUT2D eigenvalue weighted by Crippen LogP contribution is -2.37. The number of carbonyl (C=O) groups is 1. The van der Waals surface area contributed by atoms with Gasteiger partial charge >= 0.3 is 11.8 Å². The first-order valence-electron chi connectivity index (χ1n) is 7.60. The van der Waals surface area contributed by atoms with Crippen LogP contribution < -0.4 is 10.1 Å². The van der Waals surface area contributed by atoms with Gasteiger partial charge in [-0.25, -0.2) is 4.79 Å². The zero-order chi connectivity index (χ0) is 17.9. The van der Waals surface area contributed by atoms with Crippen LogP contribution in [0.1, 0.15) is 38.8 Å². The minimum absolute atomic E-state index is 0.119. The fourth-order valence-electron chi connectivity index (χ4n) is 2.16. The zero-order valence-electron chi connectivity index (χ0n) is 14.2. The molecule has 0 saturated heterocycles. The summed E-state index contributed by atoms with van der Waals surface area (Å²) >= 11 is 0. The summed E-state index contributed by atoms with van der Waals surface area (Å²) in [6.45, 7) is 7.66. The Kier molecular flexibility index (Phi) is 5.06. The molecule has 1 amide bonds. The van der Waals surface area contributed by atoms with E-state index >= 15 is 0 Å². The van der Waals surface area contributed by atoms with Crippen molar-refractivity contribution in [1.82, 2.24) is 5.32 Å². The highest BCUT2D eigenvalue weighted by Crippen LogP contribution is 2.32. The Morgan fingerprint density at radius 2 is 2.17 bits per heavy atom. The summed E-state index contributed by atoms with van der Waals surface area (Å²) in [7, 11) is 0. The van der Waals surface area contributed by atoms with E-state index in [9.17, 15) is 14.9 Å². The Labute approximate surface area is 140 Å².